The van der Waals surface area contributed by atoms with Crippen LogP contribution in [0.3, 0.4) is 0 Å². The van der Waals surface area contributed by atoms with Crippen molar-refractivity contribution in [2.45, 2.75) is 23.1 Å². The Morgan fingerprint density at radius 3 is 1.90 bits per heavy atom. The molecular weight excluding hydrogens is 538 g/mol. The SMILES string of the molecule is CCc1nc2cccc3c2n1-c1cc(-c2c4ccccc4c(-c4ccc(C#N)cc4)c4ccccc24)ccc1S3(=O)=O. The van der Waals surface area contributed by atoms with Crippen LogP contribution in [0.15, 0.2) is 119 Å². The Labute approximate surface area is 242 Å². The number of benzene rings is 6. The zero-order valence-corrected chi connectivity index (χ0v) is 23.5. The monoisotopic (exact) mass is 561 g/mol. The Hall–Kier alpha value is -5.25. The molecule has 0 N–H and O–H groups in total. The van der Waals surface area contributed by atoms with Gasteiger partial charge in [0.25, 0.3) is 0 Å². The number of sulfone groups is 1. The van der Waals surface area contributed by atoms with Crippen LogP contribution in [0.2, 0.25) is 0 Å². The van der Waals surface area contributed by atoms with Gasteiger partial charge in [-0.25, -0.2) is 13.4 Å². The summed E-state index contributed by atoms with van der Waals surface area (Å²) in [5.74, 6) is 0.830. The highest BCUT2D eigenvalue weighted by Gasteiger charge is 2.33. The number of aryl methyl sites for hydroxylation is 1. The normalized spacial score (nSPS) is 13.3. The van der Waals surface area contributed by atoms with Gasteiger partial charge in [-0.3, -0.25) is 4.57 Å². The summed E-state index contributed by atoms with van der Waals surface area (Å²) in [4.78, 5) is 5.40. The van der Waals surface area contributed by atoms with Crippen molar-refractivity contribution < 1.29 is 8.42 Å². The van der Waals surface area contributed by atoms with Gasteiger partial charge in [-0.15, -0.1) is 0 Å². The maximum absolute atomic E-state index is 13.8. The zero-order chi connectivity index (χ0) is 28.6. The Kier molecular flexibility index (Phi) is 5.18. The van der Waals surface area contributed by atoms with Crippen molar-refractivity contribution in [3.05, 3.63) is 121 Å². The van der Waals surface area contributed by atoms with E-state index in [1.807, 2.05) is 78.2 Å². The molecule has 0 aliphatic carbocycles. The molecule has 0 radical (unpaired) electrons. The molecular formula is C36H23N3O2S. The fourth-order valence-electron chi connectivity index (χ4n) is 6.51. The molecule has 0 spiro atoms. The van der Waals surface area contributed by atoms with E-state index in [4.69, 9.17) is 4.98 Å². The predicted octanol–water partition coefficient (Wildman–Crippen LogP) is 8.25. The van der Waals surface area contributed by atoms with Gasteiger partial charge in [-0.2, -0.15) is 5.26 Å². The molecule has 0 unspecified atom stereocenters. The Morgan fingerprint density at radius 2 is 1.31 bits per heavy atom. The second kappa shape index (κ2) is 8.87. The highest BCUT2D eigenvalue weighted by Crippen LogP contribution is 2.46. The molecule has 6 aromatic carbocycles. The lowest BCUT2D eigenvalue weighted by atomic mass is 9.86. The first-order chi connectivity index (χ1) is 20.5. The summed E-state index contributed by atoms with van der Waals surface area (Å²) in [5.41, 5.74) is 6.71. The number of rotatable bonds is 3. The third-order valence-electron chi connectivity index (χ3n) is 8.33. The van der Waals surface area contributed by atoms with Crippen LogP contribution in [0.4, 0.5) is 0 Å². The van der Waals surface area contributed by atoms with Crippen molar-refractivity contribution in [2.24, 2.45) is 0 Å². The molecule has 0 saturated carbocycles. The van der Waals surface area contributed by atoms with Gasteiger partial charge in [0, 0.05) is 6.42 Å². The number of aromatic nitrogens is 2. The van der Waals surface area contributed by atoms with Crippen LogP contribution < -0.4 is 0 Å². The first-order valence-corrected chi connectivity index (χ1v) is 15.3. The third-order valence-corrected chi connectivity index (χ3v) is 10.2. The minimum atomic E-state index is -3.72. The van der Waals surface area contributed by atoms with E-state index in [1.54, 1.807) is 18.2 Å². The zero-order valence-electron chi connectivity index (χ0n) is 22.7. The van der Waals surface area contributed by atoms with Gasteiger partial charge in [0.1, 0.15) is 5.82 Å². The van der Waals surface area contributed by atoms with Crippen LogP contribution in [0.1, 0.15) is 18.3 Å². The highest BCUT2D eigenvalue weighted by atomic mass is 32.2. The number of fused-ring (bicyclic) bond motifs is 4. The largest absolute Gasteiger partial charge is 0.294 e. The van der Waals surface area contributed by atoms with Crippen LogP contribution in [-0.2, 0) is 16.3 Å². The average molecular weight is 562 g/mol. The maximum atomic E-state index is 13.8. The number of hydrogen-bond donors (Lipinski definition) is 0. The molecule has 42 heavy (non-hydrogen) atoms. The van der Waals surface area contributed by atoms with E-state index in [-0.39, 0.29) is 0 Å². The second-order valence-corrected chi connectivity index (χ2v) is 12.4. The third kappa shape index (κ3) is 3.29. The lowest BCUT2D eigenvalue weighted by Crippen LogP contribution is -2.16. The summed E-state index contributed by atoms with van der Waals surface area (Å²) in [6, 6.07) is 37.6. The van der Waals surface area contributed by atoms with Gasteiger partial charge in [0.15, 0.2) is 0 Å². The number of nitriles is 1. The summed E-state index contributed by atoms with van der Waals surface area (Å²) < 4.78 is 29.7. The molecule has 0 amide bonds. The van der Waals surface area contributed by atoms with Crippen molar-refractivity contribution in [3.8, 4) is 34.0 Å². The molecule has 1 aliphatic rings. The maximum Gasteiger partial charge on any atom is 0.210 e. The van der Waals surface area contributed by atoms with E-state index in [0.29, 0.717) is 38.5 Å². The van der Waals surface area contributed by atoms with Gasteiger partial charge in [0.2, 0.25) is 9.84 Å². The van der Waals surface area contributed by atoms with E-state index in [0.717, 1.165) is 49.6 Å². The Bertz CT molecular complexity index is 2360. The van der Waals surface area contributed by atoms with Crippen LogP contribution in [0.25, 0.3) is 60.5 Å². The molecule has 0 bridgehead atoms. The Morgan fingerprint density at radius 1 is 0.714 bits per heavy atom. The van der Waals surface area contributed by atoms with Crippen LogP contribution in [0.5, 0.6) is 0 Å². The van der Waals surface area contributed by atoms with Crippen LogP contribution in [-0.4, -0.2) is 18.0 Å². The average Bonchev–Trinajstić information content (AvgIpc) is 3.42. The number of imidazole rings is 1. The first kappa shape index (κ1) is 24.5. The molecule has 0 saturated heterocycles. The molecule has 200 valence electrons. The van der Waals surface area contributed by atoms with Crippen molar-refractivity contribution in [1.82, 2.24) is 9.55 Å². The van der Waals surface area contributed by atoms with E-state index in [2.05, 4.69) is 30.3 Å². The number of nitrogens with zero attached hydrogens (tertiary/aromatic N) is 3. The summed E-state index contributed by atoms with van der Waals surface area (Å²) in [6.07, 6.45) is 0.670. The van der Waals surface area contributed by atoms with Crippen molar-refractivity contribution >= 4 is 42.4 Å². The summed E-state index contributed by atoms with van der Waals surface area (Å²) in [6.45, 7) is 2.04. The standard InChI is InChI=1S/C36H23N3O2S/c1-2-33-38-29-12-7-13-32-36(29)39(33)30-20-24(18-19-31(30)42(32,40)41)35-27-10-5-3-8-25(27)34(26-9-4-6-11-28(26)35)23-16-14-22(21-37)15-17-23/h3-20H,2H2,1H3. The number of para-hydroxylation sites is 1. The summed E-state index contributed by atoms with van der Waals surface area (Å²) >= 11 is 0. The molecule has 8 rings (SSSR count). The van der Waals surface area contributed by atoms with E-state index in [9.17, 15) is 13.7 Å². The van der Waals surface area contributed by atoms with E-state index >= 15 is 0 Å². The molecule has 7 aromatic rings. The fraction of sp³-hybridized carbons (Fsp3) is 0.0556. The Balaban J connectivity index is 1.47. The van der Waals surface area contributed by atoms with Crippen molar-refractivity contribution in [3.63, 3.8) is 0 Å². The second-order valence-electron chi connectivity index (χ2n) is 10.6. The van der Waals surface area contributed by atoms with Crippen molar-refractivity contribution in [2.75, 3.05) is 0 Å². The highest BCUT2D eigenvalue weighted by molar-refractivity contribution is 7.92. The van der Waals surface area contributed by atoms with Gasteiger partial charge < -0.3 is 0 Å². The fourth-order valence-corrected chi connectivity index (χ4v) is 8.13. The molecule has 0 atom stereocenters. The minimum Gasteiger partial charge on any atom is -0.294 e. The topological polar surface area (TPSA) is 75.8 Å². The van der Waals surface area contributed by atoms with Crippen molar-refractivity contribution in [1.29, 1.82) is 5.26 Å². The quantitative estimate of drug-likeness (QED) is 0.204. The summed E-state index contributed by atoms with van der Waals surface area (Å²) in [7, 11) is -3.72. The van der Waals surface area contributed by atoms with Gasteiger partial charge in [-0.05, 0) is 80.2 Å². The van der Waals surface area contributed by atoms with E-state index in [1.165, 1.54) is 0 Å². The molecule has 1 aliphatic heterocycles. The van der Waals surface area contributed by atoms with Gasteiger partial charge in [0.05, 0.1) is 38.1 Å². The molecule has 0 fully saturated rings. The lowest BCUT2D eigenvalue weighted by Gasteiger charge is -2.23. The molecule has 2 heterocycles. The smallest absolute Gasteiger partial charge is 0.210 e. The molecule has 6 heteroatoms. The van der Waals surface area contributed by atoms with Gasteiger partial charge in [-0.1, -0.05) is 79.7 Å². The van der Waals surface area contributed by atoms with Gasteiger partial charge >= 0.3 is 0 Å². The summed E-state index contributed by atoms with van der Waals surface area (Å²) in [5, 5.41) is 13.7. The van der Waals surface area contributed by atoms with Crippen LogP contribution >= 0.6 is 0 Å². The first-order valence-electron chi connectivity index (χ1n) is 13.9. The number of hydrogen-bond acceptors (Lipinski definition) is 4. The van der Waals surface area contributed by atoms with Crippen LogP contribution in [0, 0.1) is 11.3 Å². The molecule has 5 nitrogen and oxygen atoms in total. The lowest BCUT2D eigenvalue weighted by molar-refractivity contribution is 0.594. The van der Waals surface area contributed by atoms with E-state index < -0.39 is 9.84 Å². The minimum absolute atomic E-state index is 0.293. The predicted molar refractivity (Wildman–Crippen MR) is 166 cm³/mol. The molecule has 1 aromatic heterocycles.